The summed E-state index contributed by atoms with van der Waals surface area (Å²) >= 11 is 0. The second-order valence-electron chi connectivity index (χ2n) is 4.37. The largest absolute Gasteiger partial charge is 0.329 e. The van der Waals surface area contributed by atoms with Crippen molar-refractivity contribution in [3.63, 3.8) is 0 Å². The lowest BCUT2D eigenvalue weighted by Crippen LogP contribution is -2.23. The van der Waals surface area contributed by atoms with Gasteiger partial charge in [-0.05, 0) is 13.0 Å². The molecule has 0 unspecified atom stereocenters. The monoisotopic (exact) mass is 230 g/mol. The number of nitrogens with one attached hydrogen (secondary N) is 1. The molecule has 2 nitrogen and oxygen atoms in total. The predicted molar refractivity (Wildman–Crippen MR) is 73.6 cm³/mol. The minimum Gasteiger partial charge on any atom is -0.329 e. The highest BCUT2D eigenvalue weighted by atomic mass is 28.1. The number of rotatable bonds is 12. The van der Waals surface area contributed by atoms with Crippen LogP contribution in [0.25, 0.3) is 0 Å². The first-order chi connectivity index (χ1) is 7.41. The quantitative estimate of drug-likeness (QED) is 0.393. The minimum atomic E-state index is 0.764. The van der Waals surface area contributed by atoms with Crippen LogP contribution < -0.4 is 11.1 Å². The molecular formula is C12H30N2Si. The molecule has 3 N–H and O–H groups in total. The van der Waals surface area contributed by atoms with Crippen LogP contribution in [0.2, 0.25) is 6.04 Å². The fourth-order valence-corrected chi connectivity index (χ4v) is 2.29. The van der Waals surface area contributed by atoms with E-state index in [2.05, 4.69) is 5.32 Å². The van der Waals surface area contributed by atoms with Gasteiger partial charge in [0.05, 0.1) is 0 Å². The highest BCUT2D eigenvalue weighted by Gasteiger charge is 1.91. The Morgan fingerprint density at radius 3 is 1.80 bits per heavy atom. The van der Waals surface area contributed by atoms with Crippen molar-refractivity contribution in [1.29, 1.82) is 0 Å². The molecule has 0 fully saturated rings. The van der Waals surface area contributed by atoms with Gasteiger partial charge in [-0.3, -0.25) is 0 Å². The van der Waals surface area contributed by atoms with Crippen molar-refractivity contribution in [3.8, 4) is 0 Å². The first-order valence-electron chi connectivity index (χ1n) is 6.82. The van der Waals surface area contributed by atoms with Gasteiger partial charge < -0.3 is 11.1 Å². The van der Waals surface area contributed by atoms with Gasteiger partial charge in [0.1, 0.15) is 0 Å². The average molecular weight is 230 g/mol. The molecule has 15 heavy (non-hydrogen) atoms. The van der Waals surface area contributed by atoms with Crippen molar-refractivity contribution in [2.45, 2.75) is 57.4 Å². The van der Waals surface area contributed by atoms with Gasteiger partial charge >= 0.3 is 0 Å². The molecule has 3 heteroatoms. The molecule has 0 radical (unpaired) electrons. The molecule has 92 valence electrons. The molecule has 0 saturated carbocycles. The Hall–Kier alpha value is 0.137. The Balaban J connectivity index is 2.81. The molecule has 0 saturated heterocycles. The third-order valence-electron chi connectivity index (χ3n) is 2.78. The highest BCUT2D eigenvalue weighted by Crippen LogP contribution is 2.08. The first-order valence-corrected chi connectivity index (χ1v) is 8.24. The van der Waals surface area contributed by atoms with Gasteiger partial charge in [0, 0.05) is 23.3 Å². The molecule has 0 amide bonds. The lowest BCUT2D eigenvalue weighted by Gasteiger charge is -2.03. The normalized spacial score (nSPS) is 11.0. The first kappa shape index (κ1) is 15.1. The van der Waals surface area contributed by atoms with Crippen molar-refractivity contribution in [3.05, 3.63) is 0 Å². The molecule has 0 bridgehead atoms. The van der Waals surface area contributed by atoms with Crippen molar-refractivity contribution >= 4 is 10.2 Å². The summed E-state index contributed by atoms with van der Waals surface area (Å²) in [5.41, 5.74) is 5.39. The lowest BCUT2D eigenvalue weighted by molar-refractivity contribution is 0.557. The van der Waals surface area contributed by atoms with E-state index in [1.165, 1.54) is 67.7 Å². The molecule has 0 aromatic carbocycles. The summed E-state index contributed by atoms with van der Waals surface area (Å²) in [6.07, 6.45) is 11.4. The minimum absolute atomic E-state index is 0.764. The summed E-state index contributed by atoms with van der Waals surface area (Å²) in [6, 6.07) is 1.49. The Bertz CT molecular complexity index is 97.8. The zero-order valence-corrected chi connectivity index (χ0v) is 12.6. The van der Waals surface area contributed by atoms with Crippen molar-refractivity contribution in [1.82, 2.24) is 5.32 Å². The van der Waals surface area contributed by atoms with E-state index in [4.69, 9.17) is 5.73 Å². The number of unbranched alkanes of at least 4 members (excludes halogenated alkanes) is 7. The van der Waals surface area contributed by atoms with Crippen molar-refractivity contribution in [2.75, 3.05) is 19.6 Å². The Labute approximate surface area is 98.8 Å². The second kappa shape index (κ2) is 14.1. The van der Waals surface area contributed by atoms with Crippen molar-refractivity contribution < 1.29 is 0 Å². The van der Waals surface area contributed by atoms with Crippen LogP contribution in [0.5, 0.6) is 0 Å². The van der Waals surface area contributed by atoms with Crippen LogP contribution in [0.3, 0.4) is 0 Å². The molecule has 0 aliphatic rings. The van der Waals surface area contributed by atoms with E-state index in [0.717, 1.165) is 19.6 Å². The van der Waals surface area contributed by atoms with Crippen LogP contribution in [-0.4, -0.2) is 29.9 Å². The zero-order chi connectivity index (χ0) is 11.2. The number of nitrogens with two attached hydrogens (primary N) is 1. The van der Waals surface area contributed by atoms with Gasteiger partial charge in [0.2, 0.25) is 0 Å². The number of hydrogen-bond donors (Lipinski definition) is 2. The summed E-state index contributed by atoms with van der Waals surface area (Å²) in [5.74, 6) is 0. The van der Waals surface area contributed by atoms with Crippen molar-refractivity contribution in [2.24, 2.45) is 5.73 Å². The van der Waals surface area contributed by atoms with Gasteiger partial charge in [-0.15, -0.1) is 0 Å². The molecule has 0 aliphatic heterocycles. The summed E-state index contributed by atoms with van der Waals surface area (Å²) in [5, 5.41) is 3.33. The van der Waals surface area contributed by atoms with Crippen LogP contribution in [0, 0.1) is 0 Å². The Morgan fingerprint density at radius 1 is 0.733 bits per heavy atom. The average Bonchev–Trinajstić information content (AvgIpc) is 2.26. The second-order valence-corrected chi connectivity index (χ2v) is 5.37. The standard InChI is InChI=1S/C12H30N2Si/c13-9-11-14-10-7-5-3-1-2-4-6-8-12-15/h14H,1-13H2,15H3. The third-order valence-corrected chi connectivity index (χ3v) is 3.49. The van der Waals surface area contributed by atoms with Gasteiger partial charge in [0.15, 0.2) is 0 Å². The zero-order valence-electron chi connectivity index (χ0n) is 10.6. The van der Waals surface area contributed by atoms with E-state index in [9.17, 15) is 0 Å². The maximum Gasteiger partial charge on any atom is 0.00745 e. The van der Waals surface area contributed by atoms with Crippen LogP contribution in [0.4, 0.5) is 0 Å². The molecule has 0 rings (SSSR count). The molecule has 0 atom stereocenters. The predicted octanol–water partition coefficient (Wildman–Crippen LogP) is 1.44. The fraction of sp³-hybridized carbons (Fsp3) is 1.00. The van der Waals surface area contributed by atoms with E-state index in [-0.39, 0.29) is 0 Å². The summed E-state index contributed by atoms with van der Waals surface area (Å²) < 4.78 is 0. The topological polar surface area (TPSA) is 38.0 Å². The van der Waals surface area contributed by atoms with Crippen LogP contribution in [0.1, 0.15) is 51.4 Å². The van der Waals surface area contributed by atoms with E-state index >= 15 is 0 Å². The van der Waals surface area contributed by atoms with Crippen LogP contribution in [0.15, 0.2) is 0 Å². The molecule has 0 aromatic heterocycles. The molecule has 0 aliphatic carbocycles. The van der Waals surface area contributed by atoms with Gasteiger partial charge in [-0.25, -0.2) is 0 Å². The maximum absolute atomic E-state index is 5.39. The molecule has 0 aromatic rings. The van der Waals surface area contributed by atoms with Gasteiger partial charge in [-0.2, -0.15) is 0 Å². The molecule has 0 heterocycles. The molecule has 0 spiro atoms. The van der Waals surface area contributed by atoms with Gasteiger partial charge in [0.25, 0.3) is 0 Å². The number of hydrogen-bond acceptors (Lipinski definition) is 2. The maximum atomic E-state index is 5.39. The van der Waals surface area contributed by atoms with Crippen LogP contribution in [-0.2, 0) is 0 Å². The Kier molecular flexibility index (Phi) is 14.3. The van der Waals surface area contributed by atoms with E-state index in [1.807, 2.05) is 0 Å². The summed E-state index contributed by atoms with van der Waals surface area (Å²) in [7, 11) is 1.39. The SMILES string of the molecule is NCCNCCCCCCCCCC[SiH3]. The third kappa shape index (κ3) is 14.1. The fourth-order valence-electron chi connectivity index (χ4n) is 1.79. The van der Waals surface area contributed by atoms with Gasteiger partial charge in [-0.1, -0.05) is 51.0 Å². The summed E-state index contributed by atoms with van der Waals surface area (Å²) in [6.45, 7) is 2.89. The van der Waals surface area contributed by atoms with E-state index in [0.29, 0.717) is 0 Å². The Morgan fingerprint density at radius 2 is 1.27 bits per heavy atom. The highest BCUT2D eigenvalue weighted by molar-refractivity contribution is 6.08. The van der Waals surface area contributed by atoms with E-state index in [1.54, 1.807) is 0 Å². The lowest BCUT2D eigenvalue weighted by atomic mass is 10.1. The van der Waals surface area contributed by atoms with Crippen LogP contribution >= 0.6 is 0 Å². The molecular weight excluding hydrogens is 200 g/mol. The van der Waals surface area contributed by atoms with E-state index < -0.39 is 0 Å². The summed E-state index contributed by atoms with van der Waals surface area (Å²) in [4.78, 5) is 0. The smallest absolute Gasteiger partial charge is 0.00745 e.